The molecular weight excluding hydrogens is 294 g/mol. The van der Waals surface area contributed by atoms with Crippen LogP contribution in [0.25, 0.3) is 0 Å². The summed E-state index contributed by atoms with van der Waals surface area (Å²) in [4.78, 5) is 11.7. The number of ether oxygens (including phenoxy) is 2. The fourth-order valence-electron chi connectivity index (χ4n) is 1.48. The summed E-state index contributed by atoms with van der Waals surface area (Å²) >= 11 is 5.48. The summed E-state index contributed by atoms with van der Waals surface area (Å²) in [5.74, 6) is 0.969. The van der Waals surface area contributed by atoms with Gasteiger partial charge in [0.25, 0.3) is 5.91 Å². The third-order valence-corrected chi connectivity index (χ3v) is 2.71. The SMILES string of the molecule is COc1ccc(OC)c(N/C=C(/C#N)C(=O)NCCCl)c1. The van der Waals surface area contributed by atoms with Gasteiger partial charge in [-0.25, -0.2) is 0 Å². The maximum absolute atomic E-state index is 11.7. The fraction of sp³-hybridized carbons (Fsp3) is 0.286. The minimum Gasteiger partial charge on any atom is -0.497 e. The Morgan fingerprint density at radius 1 is 1.43 bits per heavy atom. The minimum atomic E-state index is -0.493. The van der Waals surface area contributed by atoms with E-state index in [0.717, 1.165) is 0 Å². The number of hydrogen-bond acceptors (Lipinski definition) is 5. The van der Waals surface area contributed by atoms with Crippen molar-refractivity contribution < 1.29 is 14.3 Å². The Labute approximate surface area is 128 Å². The number of rotatable bonds is 7. The lowest BCUT2D eigenvalue weighted by molar-refractivity contribution is -0.117. The molecule has 0 heterocycles. The number of halogens is 1. The van der Waals surface area contributed by atoms with Gasteiger partial charge >= 0.3 is 0 Å². The number of alkyl halides is 1. The number of nitriles is 1. The zero-order valence-corrected chi connectivity index (χ0v) is 12.5. The van der Waals surface area contributed by atoms with Crippen LogP contribution in [0, 0.1) is 11.3 Å². The van der Waals surface area contributed by atoms with E-state index in [1.54, 1.807) is 25.3 Å². The molecular formula is C14H16ClN3O3. The zero-order chi connectivity index (χ0) is 15.7. The van der Waals surface area contributed by atoms with E-state index in [1.165, 1.54) is 13.3 Å². The van der Waals surface area contributed by atoms with E-state index in [9.17, 15) is 4.79 Å². The molecule has 0 aromatic heterocycles. The number of carbonyl (C=O) groups excluding carboxylic acids is 1. The topological polar surface area (TPSA) is 83.4 Å². The van der Waals surface area contributed by atoms with E-state index < -0.39 is 5.91 Å². The number of methoxy groups -OCH3 is 2. The Morgan fingerprint density at radius 2 is 2.19 bits per heavy atom. The van der Waals surface area contributed by atoms with Crippen LogP contribution >= 0.6 is 11.6 Å². The number of amides is 1. The molecule has 2 N–H and O–H groups in total. The summed E-state index contributed by atoms with van der Waals surface area (Å²) in [6, 6.07) is 6.97. The summed E-state index contributed by atoms with van der Waals surface area (Å²) in [6.07, 6.45) is 1.31. The average molecular weight is 310 g/mol. The largest absolute Gasteiger partial charge is 0.497 e. The summed E-state index contributed by atoms with van der Waals surface area (Å²) in [5, 5.41) is 14.4. The van der Waals surface area contributed by atoms with Crippen molar-refractivity contribution in [3.05, 3.63) is 30.0 Å². The standard InChI is InChI=1S/C14H16ClN3O3/c1-20-11-3-4-13(21-2)12(7-11)18-9-10(8-16)14(19)17-6-5-15/h3-4,7,9,18H,5-6H2,1-2H3,(H,17,19)/b10-9-. The first-order valence-electron chi connectivity index (χ1n) is 6.09. The first-order chi connectivity index (χ1) is 10.2. The maximum Gasteiger partial charge on any atom is 0.263 e. The van der Waals surface area contributed by atoms with Crippen molar-refractivity contribution in [3.8, 4) is 17.6 Å². The second kappa shape index (κ2) is 8.72. The summed E-state index contributed by atoms with van der Waals surface area (Å²) in [5.41, 5.74) is 0.514. The molecule has 0 bridgehead atoms. The lowest BCUT2D eigenvalue weighted by Crippen LogP contribution is -2.26. The molecule has 21 heavy (non-hydrogen) atoms. The molecule has 1 rings (SSSR count). The monoisotopic (exact) mass is 309 g/mol. The highest BCUT2D eigenvalue weighted by molar-refractivity contribution is 6.18. The predicted molar refractivity (Wildman–Crippen MR) is 80.6 cm³/mol. The molecule has 6 nitrogen and oxygen atoms in total. The molecule has 0 spiro atoms. The van der Waals surface area contributed by atoms with Gasteiger partial charge in [-0.1, -0.05) is 0 Å². The molecule has 1 aromatic carbocycles. The fourth-order valence-corrected chi connectivity index (χ4v) is 1.58. The number of nitrogens with zero attached hydrogens (tertiary/aromatic N) is 1. The summed E-state index contributed by atoms with van der Waals surface area (Å²) in [7, 11) is 3.07. The van der Waals surface area contributed by atoms with Gasteiger partial charge < -0.3 is 20.1 Å². The van der Waals surface area contributed by atoms with Crippen LogP contribution in [0.3, 0.4) is 0 Å². The predicted octanol–water partition coefficient (Wildman–Crippen LogP) is 1.88. The first-order valence-corrected chi connectivity index (χ1v) is 6.62. The van der Waals surface area contributed by atoms with E-state index in [-0.39, 0.29) is 11.5 Å². The molecule has 0 aliphatic rings. The van der Waals surface area contributed by atoms with E-state index in [2.05, 4.69) is 10.6 Å². The van der Waals surface area contributed by atoms with Crippen LogP contribution < -0.4 is 20.1 Å². The molecule has 0 saturated heterocycles. The number of nitrogens with one attached hydrogen (secondary N) is 2. The highest BCUT2D eigenvalue weighted by Crippen LogP contribution is 2.28. The lowest BCUT2D eigenvalue weighted by Gasteiger charge is -2.10. The molecule has 0 atom stereocenters. The lowest BCUT2D eigenvalue weighted by atomic mass is 10.2. The highest BCUT2D eigenvalue weighted by atomic mass is 35.5. The average Bonchev–Trinajstić information content (AvgIpc) is 2.53. The van der Waals surface area contributed by atoms with Gasteiger partial charge in [0.1, 0.15) is 23.1 Å². The summed E-state index contributed by atoms with van der Waals surface area (Å²) < 4.78 is 10.3. The van der Waals surface area contributed by atoms with Gasteiger partial charge in [-0.15, -0.1) is 11.6 Å². The first kappa shape index (κ1) is 16.7. The third kappa shape index (κ3) is 4.89. The van der Waals surface area contributed by atoms with Crippen LogP contribution in [-0.4, -0.2) is 32.6 Å². The van der Waals surface area contributed by atoms with Gasteiger partial charge in [-0.05, 0) is 12.1 Å². The Morgan fingerprint density at radius 3 is 2.76 bits per heavy atom. The second-order valence-corrected chi connectivity index (χ2v) is 4.20. The molecule has 1 amide bonds. The Kier molecular flexibility index (Phi) is 6.92. The van der Waals surface area contributed by atoms with Crippen LogP contribution in [0.5, 0.6) is 11.5 Å². The van der Waals surface area contributed by atoms with E-state index in [1.807, 2.05) is 6.07 Å². The van der Waals surface area contributed by atoms with Crippen molar-refractivity contribution in [2.24, 2.45) is 0 Å². The van der Waals surface area contributed by atoms with Gasteiger partial charge in [0, 0.05) is 24.7 Å². The minimum absolute atomic E-state index is 0.0648. The molecule has 0 aliphatic heterocycles. The van der Waals surface area contributed by atoms with Crippen LogP contribution in [0.4, 0.5) is 5.69 Å². The van der Waals surface area contributed by atoms with E-state index in [0.29, 0.717) is 23.7 Å². The molecule has 0 fully saturated rings. The van der Waals surface area contributed by atoms with Crippen LogP contribution in [-0.2, 0) is 4.79 Å². The molecule has 0 aliphatic carbocycles. The smallest absolute Gasteiger partial charge is 0.263 e. The highest BCUT2D eigenvalue weighted by Gasteiger charge is 2.09. The Balaban J connectivity index is 2.90. The van der Waals surface area contributed by atoms with Gasteiger partial charge in [-0.3, -0.25) is 4.79 Å². The number of carbonyl (C=O) groups is 1. The Hall–Kier alpha value is -2.39. The van der Waals surface area contributed by atoms with Crippen molar-refractivity contribution in [1.82, 2.24) is 5.32 Å². The van der Waals surface area contributed by atoms with Crippen LogP contribution in [0.2, 0.25) is 0 Å². The molecule has 0 radical (unpaired) electrons. The maximum atomic E-state index is 11.7. The van der Waals surface area contributed by atoms with Crippen LogP contribution in [0.1, 0.15) is 0 Å². The van der Waals surface area contributed by atoms with Gasteiger partial charge in [0.2, 0.25) is 0 Å². The number of hydrogen-bond donors (Lipinski definition) is 2. The number of anilines is 1. The third-order valence-electron chi connectivity index (χ3n) is 2.52. The molecule has 7 heteroatoms. The van der Waals surface area contributed by atoms with Crippen molar-refractivity contribution in [2.45, 2.75) is 0 Å². The second-order valence-electron chi connectivity index (χ2n) is 3.83. The number of benzene rings is 1. The quantitative estimate of drug-likeness (QED) is 0.456. The van der Waals surface area contributed by atoms with E-state index >= 15 is 0 Å². The normalized spacial score (nSPS) is 10.5. The van der Waals surface area contributed by atoms with E-state index in [4.69, 9.17) is 26.3 Å². The molecule has 0 saturated carbocycles. The molecule has 1 aromatic rings. The van der Waals surface area contributed by atoms with Gasteiger partial charge in [0.05, 0.1) is 19.9 Å². The van der Waals surface area contributed by atoms with Crippen molar-refractivity contribution >= 4 is 23.2 Å². The summed E-state index contributed by atoms with van der Waals surface area (Å²) in [6.45, 7) is 0.294. The molecule has 112 valence electrons. The zero-order valence-electron chi connectivity index (χ0n) is 11.8. The van der Waals surface area contributed by atoms with Gasteiger partial charge in [0.15, 0.2) is 0 Å². The van der Waals surface area contributed by atoms with Crippen molar-refractivity contribution in [2.75, 3.05) is 32.0 Å². The Bertz CT molecular complexity index is 567. The van der Waals surface area contributed by atoms with Gasteiger partial charge in [-0.2, -0.15) is 5.26 Å². The molecule has 0 unspecified atom stereocenters. The van der Waals surface area contributed by atoms with Crippen LogP contribution in [0.15, 0.2) is 30.0 Å². The van der Waals surface area contributed by atoms with Crippen molar-refractivity contribution in [3.63, 3.8) is 0 Å². The van der Waals surface area contributed by atoms with Crippen molar-refractivity contribution in [1.29, 1.82) is 5.26 Å².